The molecule has 0 amide bonds. The van der Waals surface area contributed by atoms with E-state index in [1.54, 1.807) is 0 Å². The molecule has 1 aliphatic carbocycles. The Balaban J connectivity index is 1.62. The van der Waals surface area contributed by atoms with Gasteiger partial charge in [0.15, 0.2) is 0 Å². The monoisotopic (exact) mass is 336 g/mol. The lowest BCUT2D eigenvalue weighted by molar-refractivity contribution is 0.0519. The summed E-state index contributed by atoms with van der Waals surface area (Å²) in [6, 6.07) is 3.66. The summed E-state index contributed by atoms with van der Waals surface area (Å²) in [5.74, 6) is 3.26. The molecule has 128 valence electrons. The third-order valence-electron chi connectivity index (χ3n) is 6.89. The number of piperidine rings is 1. The molecule has 4 rings (SSSR count). The fourth-order valence-corrected chi connectivity index (χ4v) is 5.80. The van der Waals surface area contributed by atoms with Crippen molar-refractivity contribution in [2.24, 2.45) is 11.8 Å². The molecule has 0 radical (unpaired) electrons. The summed E-state index contributed by atoms with van der Waals surface area (Å²) < 4.78 is 5.83. The van der Waals surface area contributed by atoms with E-state index in [1.807, 2.05) is 0 Å². The predicted molar refractivity (Wildman–Crippen MR) is 92.9 cm³/mol. The maximum Gasteiger partial charge on any atom is 0.141 e. The average molecular weight is 337 g/mol. The number of hydrogen-bond acceptors (Lipinski definition) is 3. The van der Waals surface area contributed by atoms with Gasteiger partial charge in [0.2, 0.25) is 0 Å². The minimum absolute atomic E-state index is 0.407. The highest BCUT2D eigenvalue weighted by Crippen LogP contribution is 2.52. The van der Waals surface area contributed by atoms with Gasteiger partial charge in [0.25, 0.3) is 0 Å². The number of nitrogens with zero attached hydrogens (tertiary/aromatic N) is 2. The smallest absolute Gasteiger partial charge is 0.141 e. The molecule has 0 spiro atoms. The fourth-order valence-electron chi connectivity index (χ4n) is 5.55. The van der Waals surface area contributed by atoms with Crippen LogP contribution in [0.25, 0.3) is 0 Å². The zero-order valence-corrected chi connectivity index (χ0v) is 15.1. The van der Waals surface area contributed by atoms with E-state index in [-0.39, 0.29) is 0 Å². The quantitative estimate of drug-likeness (QED) is 0.755. The largest absolute Gasteiger partial charge is 0.361 e. The first kappa shape index (κ1) is 16.0. The summed E-state index contributed by atoms with van der Waals surface area (Å²) >= 11 is 6.35. The van der Waals surface area contributed by atoms with Crippen molar-refractivity contribution in [1.29, 1.82) is 0 Å². The van der Waals surface area contributed by atoms with Gasteiger partial charge < -0.3 is 4.52 Å². The molecule has 4 heteroatoms. The second-order valence-electron chi connectivity index (χ2n) is 7.98. The molecule has 0 N–H and O–H groups in total. The lowest BCUT2D eigenvalue weighted by Crippen LogP contribution is -2.47. The third-order valence-corrected chi connectivity index (χ3v) is 7.33. The van der Waals surface area contributed by atoms with E-state index in [0.717, 1.165) is 35.8 Å². The Hall–Kier alpha value is -0.540. The third kappa shape index (κ3) is 2.84. The van der Waals surface area contributed by atoms with Crippen molar-refractivity contribution in [3.63, 3.8) is 0 Å². The summed E-state index contributed by atoms with van der Waals surface area (Å²) in [4.78, 5) is 2.63. The fraction of sp³-hybridized carbons (Fsp3) is 0.842. The van der Waals surface area contributed by atoms with Gasteiger partial charge in [-0.25, -0.2) is 0 Å². The van der Waals surface area contributed by atoms with E-state index >= 15 is 0 Å². The van der Waals surface area contributed by atoms with Crippen molar-refractivity contribution >= 4 is 11.6 Å². The van der Waals surface area contributed by atoms with Gasteiger partial charge in [0.1, 0.15) is 5.76 Å². The molecular weight excluding hydrogens is 308 g/mol. The average Bonchev–Trinajstić information content (AvgIpc) is 3.11. The van der Waals surface area contributed by atoms with Gasteiger partial charge in [-0.3, -0.25) is 4.90 Å². The van der Waals surface area contributed by atoms with Crippen molar-refractivity contribution in [2.75, 3.05) is 7.05 Å². The van der Waals surface area contributed by atoms with Gasteiger partial charge in [0, 0.05) is 29.4 Å². The van der Waals surface area contributed by atoms with Crippen LogP contribution in [0.2, 0.25) is 0 Å². The molecule has 2 aliphatic heterocycles. The number of halogens is 1. The van der Waals surface area contributed by atoms with E-state index < -0.39 is 0 Å². The van der Waals surface area contributed by atoms with Crippen LogP contribution in [0, 0.1) is 11.8 Å². The highest BCUT2D eigenvalue weighted by Gasteiger charge is 2.49. The molecule has 3 nitrogen and oxygen atoms in total. The summed E-state index contributed by atoms with van der Waals surface area (Å²) in [7, 11) is 2.32. The molecule has 2 saturated heterocycles. The molecular formula is C19H29ClN2O. The topological polar surface area (TPSA) is 29.3 Å². The van der Waals surface area contributed by atoms with Crippen molar-refractivity contribution in [1.82, 2.24) is 10.1 Å². The van der Waals surface area contributed by atoms with Gasteiger partial charge in [-0.1, -0.05) is 12.1 Å². The van der Waals surface area contributed by atoms with Crippen LogP contribution in [0.3, 0.4) is 0 Å². The molecule has 1 aromatic rings. The number of hydrogen-bond donors (Lipinski definition) is 0. The molecule has 3 aliphatic rings. The molecule has 0 aromatic carbocycles. The lowest BCUT2D eigenvalue weighted by Gasteiger charge is -2.46. The Morgan fingerprint density at radius 2 is 2.00 bits per heavy atom. The minimum Gasteiger partial charge on any atom is -0.361 e. The van der Waals surface area contributed by atoms with Crippen molar-refractivity contribution < 1.29 is 4.52 Å². The molecule has 1 saturated carbocycles. The molecule has 23 heavy (non-hydrogen) atoms. The van der Waals surface area contributed by atoms with Crippen LogP contribution < -0.4 is 0 Å². The van der Waals surface area contributed by atoms with Crippen LogP contribution in [-0.2, 0) is 6.42 Å². The van der Waals surface area contributed by atoms with Crippen LogP contribution in [0.5, 0.6) is 0 Å². The van der Waals surface area contributed by atoms with Crippen LogP contribution in [0.4, 0.5) is 0 Å². The van der Waals surface area contributed by atoms with Gasteiger partial charge in [0.05, 0.1) is 5.69 Å². The van der Waals surface area contributed by atoms with E-state index in [0.29, 0.717) is 17.3 Å². The number of likely N-dealkylation sites (N-methyl/N-ethyl adjacent to an activating group) is 1. The highest BCUT2D eigenvalue weighted by molar-refractivity contribution is 6.20. The molecule has 3 heterocycles. The second-order valence-corrected chi connectivity index (χ2v) is 8.59. The van der Waals surface area contributed by atoms with Crippen molar-refractivity contribution in [2.45, 2.75) is 81.7 Å². The first-order valence-corrected chi connectivity index (χ1v) is 9.92. The van der Waals surface area contributed by atoms with Crippen molar-refractivity contribution in [3.8, 4) is 0 Å². The van der Waals surface area contributed by atoms with Crippen LogP contribution in [0.1, 0.15) is 69.2 Å². The van der Waals surface area contributed by atoms with E-state index in [4.69, 9.17) is 16.1 Å². The molecule has 3 fully saturated rings. The maximum atomic E-state index is 6.35. The summed E-state index contributed by atoms with van der Waals surface area (Å²) in [6.45, 7) is 2.15. The van der Waals surface area contributed by atoms with Gasteiger partial charge in [-0.05, 0) is 70.3 Å². The highest BCUT2D eigenvalue weighted by atomic mass is 35.5. The molecule has 4 atom stereocenters. The summed E-state index contributed by atoms with van der Waals surface area (Å²) in [5.41, 5.74) is 1.10. The second kappa shape index (κ2) is 6.40. The number of alkyl halides is 1. The Kier molecular flexibility index (Phi) is 4.44. The van der Waals surface area contributed by atoms with Crippen molar-refractivity contribution in [3.05, 3.63) is 17.5 Å². The zero-order valence-electron chi connectivity index (χ0n) is 14.4. The van der Waals surface area contributed by atoms with E-state index in [9.17, 15) is 0 Å². The summed E-state index contributed by atoms with van der Waals surface area (Å²) in [6.07, 6.45) is 9.94. The SMILES string of the molecule is CCc1cc(C2C3CCC(C[C@@H]2C2CCC(Cl)CC2)N3C)on1. The standard InChI is InChI=1S/C19H29ClN2O/c1-3-14-10-18(23-21-14)19-16(12-4-6-13(20)7-5-12)11-15-8-9-17(19)22(15)2/h10,12-13,15-17,19H,3-9,11H2,1-2H3/t12?,13?,15?,16-,17?,19?/m1/s1. The van der Waals surface area contributed by atoms with Gasteiger partial charge in [-0.15, -0.1) is 11.6 Å². The number of fused-ring (bicyclic) bond motifs is 2. The van der Waals surface area contributed by atoms with Gasteiger partial charge >= 0.3 is 0 Å². The zero-order chi connectivity index (χ0) is 16.0. The lowest BCUT2D eigenvalue weighted by atomic mass is 9.67. The number of aryl methyl sites for hydroxylation is 1. The maximum absolute atomic E-state index is 6.35. The Labute approximate surface area is 144 Å². The minimum atomic E-state index is 0.407. The first-order chi connectivity index (χ1) is 11.2. The molecule has 3 unspecified atom stereocenters. The molecule has 1 aromatic heterocycles. The van der Waals surface area contributed by atoms with Gasteiger partial charge in [-0.2, -0.15) is 0 Å². The Morgan fingerprint density at radius 3 is 2.70 bits per heavy atom. The molecule has 2 bridgehead atoms. The Morgan fingerprint density at radius 1 is 1.22 bits per heavy atom. The predicted octanol–water partition coefficient (Wildman–Crippen LogP) is 4.60. The number of rotatable bonds is 3. The van der Waals surface area contributed by atoms with Crippen LogP contribution in [-0.4, -0.2) is 34.6 Å². The summed E-state index contributed by atoms with van der Waals surface area (Å²) in [5, 5.41) is 4.70. The Bertz CT molecular complexity index is 537. The van der Waals surface area contributed by atoms with E-state index in [1.165, 1.54) is 44.9 Å². The van der Waals surface area contributed by atoms with E-state index in [2.05, 4.69) is 30.1 Å². The van der Waals surface area contributed by atoms with Crippen LogP contribution in [0.15, 0.2) is 10.6 Å². The number of aromatic nitrogens is 1. The first-order valence-electron chi connectivity index (χ1n) is 9.48. The van der Waals surface area contributed by atoms with Crippen LogP contribution >= 0.6 is 11.6 Å². The normalized spacial score (nSPS) is 41.3.